The Kier molecular flexibility index (Phi) is 8.40. The molecule has 0 unspecified atom stereocenters. The number of nitrogens with zero attached hydrogens (tertiary/aromatic N) is 1. The zero-order chi connectivity index (χ0) is 22.2. The second-order valence-electron chi connectivity index (χ2n) is 8.69. The van der Waals surface area contributed by atoms with Crippen molar-refractivity contribution in [3.05, 3.63) is 18.2 Å². The molecular weight excluding hydrogens is 396 g/mol. The number of carbonyl (C=O) groups excluding carboxylic acids is 2. The minimum absolute atomic E-state index is 0.165. The highest BCUT2D eigenvalue weighted by molar-refractivity contribution is 5.95. The van der Waals surface area contributed by atoms with Crippen LogP contribution in [0.25, 0.3) is 0 Å². The van der Waals surface area contributed by atoms with Crippen molar-refractivity contribution in [3.63, 3.8) is 0 Å². The number of piperidine rings is 1. The summed E-state index contributed by atoms with van der Waals surface area (Å²) in [6.07, 6.45) is 6.30. The molecule has 8 nitrogen and oxygen atoms in total. The molecule has 1 aliphatic carbocycles. The summed E-state index contributed by atoms with van der Waals surface area (Å²) in [4.78, 5) is 26.6. The molecule has 0 bridgehead atoms. The van der Waals surface area contributed by atoms with Gasteiger partial charge in [-0.25, -0.2) is 4.79 Å². The third-order valence-electron chi connectivity index (χ3n) is 6.36. The summed E-state index contributed by atoms with van der Waals surface area (Å²) in [5.74, 6) is 1.71. The molecule has 1 aromatic carbocycles. The van der Waals surface area contributed by atoms with Crippen LogP contribution >= 0.6 is 0 Å². The van der Waals surface area contributed by atoms with Crippen molar-refractivity contribution in [3.8, 4) is 11.5 Å². The number of anilines is 1. The van der Waals surface area contributed by atoms with Crippen LogP contribution < -0.4 is 25.4 Å². The van der Waals surface area contributed by atoms with E-state index in [1.54, 1.807) is 14.2 Å². The van der Waals surface area contributed by atoms with E-state index in [1.807, 2.05) is 18.2 Å². The van der Waals surface area contributed by atoms with Crippen LogP contribution in [0, 0.1) is 5.92 Å². The smallest absolute Gasteiger partial charge is 0.321 e. The number of methoxy groups -OCH3 is 2. The molecule has 2 atom stereocenters. The Balaban J connectivity index is 1.39. The van der Waals surface area contributed by atoms with E-state index >= 15 is 0 Å². The van der Waals surface area contributed by atoms with Crippen molar-refractivity contribution in [2.24, 2.45) is 5.92 Å². The number of hydrogen-bond acceptors (Lipinski definition) is 6. The van der Waals surface area contributed by atoms with E-state index in [9.17, 15) is 9.59 Å². The van der Waals surface area contributed by atoms with Gasteiger partial charge in [-0.3, -0.25) is 15.0 Å². The van der Waals surface area contributed by atoms with Gasteiger partial charge in [-0.05, 0) is 31.6 Å². The molecule has 172 valence electrons. The maximum Gasteiger partial charge on any atom is 0.321 e. The fourth-order valence-corrected chi connectivity index (χ4v) is 4.47. The van der Waals surface area contributed by atoms with Gasteiger partial charge >= 0.3 is 6.03 Å². The van der Waals surface area contributed by atoms with E-state index in [0.29, 0.717) is 12.0 Å². The van der Waals surface area contributed by atoms with Gasteiger partial charge in [0, 0.05) is 49.1 Å². The van der Waals surface area contributed by atoms with Gasteiger partial charge in [0.1, 0.15) is 11.5 Å². The van der Waals surface area contributed by atoms with Gasteiger partial charge in [0.05, 0.1) is 20.8 Å². The maximum atomic E-state index is 12.3. The summed E-state index contributed by atoms with van der Waals surface area (Å²) < 4.78 is 10.7. The number of carbonyl (C=O) groups is 2. The first-order chi connectivity index (χ1) is 15.0. The van der Waals surface area contributed by atoms with Crippen LogP contribution in [-0.4, -0.2) is 62.8 Å². The highest BCUT2D eigenvalue weighted by Gasteiger charge is 2.25. The Morgan fingerprint density at radius 2 is 1.65 bits per heavy atom. The minimum atomic E-state index is -0.368. The molecule has 1 saturated carbocycles. The molecule has 0 radical (unpaired) electrons. The number of amides is 3. The van der Waals surface area contributed by atoms with Gasteiger partial charge in [0.25, 0.3) is 0 Å². The molecule has 1 heterocycles. The van der Waals surface area contributed by atoms with E-state index in [0.717, 1.165) is 62.4 Å². The maximum absolute atomic E-state index is 12.3. The summed E-state index contributed by atoms with van der Waals surface area (Å²) >= 11 is 0. The van der Waals surface area contributed by atoms with Crippen molar-refractivity contribution in [2.45, 2.75) is 57.5 Å². The topological polar surface area (TPSA) is 91.9 Å². The van der Waals surface area contributed by atoms with E-state index in [4.69, 9.17) is 9.47 Å². The lowest BCUT2D eigenvalue weighted by Gasteiger charge is -2.32. The van der Waals surface area contributed by atoms with Crippen molar-refractivity contribution >= 4 is 17.6 Å². The Bertz CT molecular complexity index is 727. The van der Waals surface area contributed by atoms with E-state index in [1.165, 1.54) is 6.42 Å². The predicted octanol–water partition coefficient (Wildman–Crippen LogP) is 2.98. The largest absolute Gasteiger partial charge is 0.497 e. The molecule has 31 heavy (non-hydrogen) atoms. The van der Waals surface area contributed by atoms with Crippen LogP contribution in [0.15, 0.2) is 18.2 Å². The summed E-state index contributed by atoms with van der Waals surface area (Å²) in [6, 6.07) is 5.86. The molecule has 1 saturated heterocycles. The zero-order valence-corrected chi connectivity index (χ0v) is 18.9. The third-order valence-corrected chi connectivity index (χ3v) is 6.36. The van der Waals surface area contributed by atoms with Crippen molar-refractivity contribution in [2.75, 3.05) is 39.2 Å². The molecule has 1 aromatic rings. The van der Waals surface area contributed by atoms with Crippen LogP contribution in [0.3, 0.4) is 0 Å². The number of rotatable bonds is 7. The van der Waals surface area contributed by atoms with Crippen LogP contribution in [0.1, 0.15) is 45.4 Å². The lowest BCUT2D eigenvalue weighted by atomic mass is 9.86. The lowest BCUT2D eigenvalue weighted by Crippen LogP contribution is -2.51. The Labute approximate surface area is 185 Å². The molecule has 3 N–H and O–H groups in total. The van der Waals surface area contributed by atoms with Crippen molar-refractivity contribution in [1.82, 2.24) is 15.5 Å². The highest BCUT2D eigenvalue weighted by atomic mass is 16.5. The van der Waals surface area contributed by atoms with E-state index in [2.05, 4.69) is 27.8 Å². The van der Waals surface area contributed by atoms with Crippen molar-refractivity contribution < 1.29 is 19.1 Å². The van der Waals surface area contributed by atoms with Gasteiger partial charge < -0.3 is 20.1 Å². The summed E-state index contributed by atoms with van der Waals surface area (Å²) in [7, 11) is 3.27. The second-order valence-corrected chi connectivity index (χ2v) is 8.69. The molecular formula is C23H36N4O4. The number of nitrogens with one attached hydrogen (secondary N) is 3. The quantitative estimate of drug-likeness (QED) is 0.614. The Morgan fingerprint density at radius 3 is 2.26 bits per heavy atom. The van der Waals surface area contributed by atoms with Gasteiger partial charge in [0.15, 0.2) is 0 Å². The van der Waals surface area contributed by atoms with Crippen LogP contribution in [0.2, 0.25) is 0 Å². The summed E-state index contributed by atoms with van der Waals surface area (Å²) in [6.45, 7) is 4.00. The number of likely N-dealkylation sites (tertiary alicyclic amines) is 1. The summed E-state index contributed by atoms with van der Waals surface area (Å²) in [5, 5.41) is 9.00. The average molecular weight is 433 g/mol. The average Bonchev–Trinajstić information content (AvgIpc) is 2.76. The van der Waals surface area contributed by atoms with Crippen LogP contribution in [0.4, 0.5) is 10.5 Å². The SMILES string of the molecule is COc1cc(NC2CCN(CC(=O)NC(=O)N[C@H]3CCCC[C@H]3C)CC2)cc(OC)c1. The van der Waals surface area contributed by atoms with Crippen molar-refractivity contribution in [1.29, 1.82) is 0 Å². The molecule has 8 heteroatoms. The van der Waals surface area contributed by atoms with E-state index in [-0.39, 0.29) is 24.5 Å². The highest BCUT2D eigenvalue weighted by Crippen LogP contribution is 2.27. The lowest BCUT2D eigenvalue weighted by molar-refractivity contribution is -0.121. The number of benzene rings is 1. The van der Waals surface area contributed by atoms with Gasteiger partial charge in [-0.2, -0.15) is 0 Å². The number of ether oxygens (including phenoxy) is 2. The number of hydrogen-bond donors (Lipinski definition) is 3. The first kappa shape index (κ1) is 23.2. The van der Waals surface area contributed by atoms with Gasteiger partial charge in [-0.15, -0.1) is 0 Å². The van der Waals surface area contributed by atoms with Gasteiger partial charge in [0.2, 0.25) is 5.91 Å². The standard InChI is InChI=1S/C23H36N4O4/c1-16-6-4-5-7-21(16)25-23(29)26-22(28)15-27-10-8-17(9-11-27)24-18-12-19(30-2)14-20(13-18)31-3/h12-14,16-17,21,24H,4-11,15H2,1-3H3,(H2,25,26,28,29)/t16-,21+/m1/s1. The molecule has 1 aliphatic heterocycles. The molecule has 2 fully saturated rings. The second kappa shape index (κ2) is 11.2. The first-order valence-electron chi connectivity index (χ1n) is 11.3. The monoisotopic (exact) mass is 432 g/mol. The molecule has 3 amide bonds. The molecule has 0 spiro atoms. The normalized spacial score (nSPS) is 22.4. The molecule has 2 aliphatic rings. The fourth-order valence-electron chi connectivity index (χ4n) is 4.47. The Hall–Kier alpha value is -2.48. The zero-order valence-electron chi connectivity index (χ0n) is 18.9. The van der Waals surface area contributed by atoms with E-state index < -0.39 is 0 Å². The predicted molar refractivity (Wildman–Crippen MR) is 121 cm³/mol. The number of urea groups is 1. The van der Waals surface area contributed by atoms with Gasteiger partial charge in [-0.1, -0.05) is 19.8 Å². The summed E-state index contributed by atoms with van der Waals surface area (Å²) in [5.41, 5.74) is 0.959. The fraction of sp³-hybridized carbons (Fsp3) is 0.652. The molecule has 0 aromatic heterocycles. The minimum Gasteiger partial charge on any atom is -0.497 e. The van der Waals surface area contributed by atoms with Crippen LogP contribution in [-0.2, 0) is 4.79 Å². The third kappa shape index (κ3) is 7.02. The first-order valence-corrected chi connectivity index (χ1v) is 11.3. The van der Waals surface area contributed by atoms with Crippen LogP contribution in [0.5, 0.6) is 11.5 Å². The number of imide groups is 1. The Morgan fingerprint density at radius 1 is 1.00 bits per heavy atom. The molecule has 3 rings (SSSR count).